The minimum Gasteiger partial charge on any atom is -0.323 e. The number of fused-ring (bicyclic) bond motifs is 6. The van der Waals surface area contributed by atoms with Gasteiger partial charge in [-0.15, -0.1) is 0 Å². The van der Waals surface area contributed by atoms with E-state index < -0.39 is 0 Å². The molecular weight excluding hydrogens is 640 g/mol. The second-order valence-corrected chi connectivity index (χ2v) is 17.6. The molecule has 0 saturated heterocycles. The Morgan fingerprint density at radius 3 is 1.05 bits per heavy atom. The van der Waals surface area contributed by atoms with Gasteiger partial charge in [0.15, 0.2) is 0 Å². The first-order chi connectivity index (χ1) is 17.8. The molecule has 0 amide bonds. The number of hydrogen-bond acceptors (Lipinski definition) is 0. The summed E-state index contributed by atoms with van der Waals surface area (Å²) in [5, 5.41) is 0. The van der Waals surface area contributed by atoms with Crippen LogP contribution in [0.5, 0.6) is 0 Å². The monoisotopic (exact) mass is 710 g/mol. The molecule has 0 aromatic carbocycles. The van der Waals surface area contributed by atoms with Crippen molar-refractivity contribution in [3.63, 3.8) is 0 Å². The van der Waals surface area contributed by atoms with Gasteiger partial charge in [-0.1, -0.05) is 112 Å². The van der Waals surface area contributed by atoms with E-state index in [2.05, 4.69) is 68.7 Å². The smallest absolute Gasteiger partial charge is 0.323 e. The van der Waals surface area contributed by atoms with E-state index in [4.69, 9.17) is 0 Å². The average molecular weight is 711 g/mol. The third kappa shape index (κ3) is 12.8. The molecule has 2 unspecified atom stereocenters. The van der Waals surface area contributed by atoms with Crippen LogP contribution in [0.15, 0.2) is 0 Å². The third-order valence-corrected chi connectivity index (χ3v) is 10.8. The van der Waals surface area contributed by atoms with Gasteiger partial charge in [0.25, 0.3) is 0 Å². The van der Waals surface area contributed by atoms with E-state index in [1.165, 1.54) is 89.4 Å². The second kappa shape index (κ2) is 16.5. The number of rotatable bonds is 2. The molecule has 0 heterocycles. The van der Waals surface area contributed by atoms with Crippen LogP contribution < -0.4 is 0 Å². The largest absolute Gasteiger partial charge is 2.00 e. The molecule has 1 heteroatoms. The van der Waals surface area contributed by atoms with Crippen molar-refractivity contribution in [2.45, 2.75) is 171 Å². The Hall–Kier alpha value is 0.688. The van der Waals surface area contributed by atoms with Crippen LogP contribution in [-0.4, -0.2) is 0 Å². The van der Waals surface area contributed by atoms with Crippen LogP contribution in [0.1, 0.15) is 171 Å². The standard InChI is InChI=1S/C14H26.C12H22.C8H13.C4H9.W/c1-14(2,3)10-13-11-6-4-7-12(13)9-5-8-11;1-12(2,3)8-11-9-4-5-10(11)7-6-9;1-2-7-4-5-8(3-1)6-7;1-4(2)3;/h11-13H,4-10H2,1-3H3;9-11H,4-8H2,1-3H3;6-8H,1-5H2;1-3H3;/q;;2*-1;+2. The average Bonchev–Trinajstić information content (AvgIpc) is 3.45. The van der Waals surface area contributed by atoms with E-state index in [1.807, 2.05) is 0 Å². The van der Waals surface area contributed by atoms with E-state index in [0.717, 1.165) is 47.3 Å². The van der Waals surface area contributed by atoms with Crippen LogP contribution in [0.3, 0.4) is 0 Å². The zero-order chi connectivity index (χ0) is 27.9. The van der Waals surface area contributed by atoms with Crippen molar-refractivity contribution in [1.29, 1.82) is 0 Å². The van der Waals surface area contributed by atoms with Gasteiger partial charge < -0.3 is 12.3 Å². The Kier molecular flexibility index (Phi) is 15.2. The molecule has 0 spiro atoms. The summed E-state index contributed by atoms with van der Waals surface area (Å²) in [6, 6.07) is 0. The maximum Gasteiger partial charge on any atom is 2.00 e. The maximum absolute atomic E-state index is 2.59. The topological polar surface area (TPSA) is 0 Å². The Balaban J connectivity index is 0.000000194. The summed E-state index contributed by atoms with van der Waals surface area (Å²) >= 11 is 0. The molecule has 0 nitrogen and oxygen atoms in total. The van der Waals surface area contributed by atoms with Crippen molar-refractivity contribution in [3.8, 4) is 0 Å². The predicted molar refractivity (Wildman–Crippen MR) is 170 cm³/mol. The molecule has 6 rings (SSSR count). The van der Waals surface area contributed by atoms with E-state index in [9.17, 15) is 0 Å². The van der Waals surface area contributed by atoms with Gasteiger partial charge >= 0.3 is 21.1 Å². The summed E-state index contributed by atoms with van der Waals surface area (Å²) < 4.78 is 0. The summed E-state index contributed by atoms with van der Waals surface area (Å²) in [4.78, 5) is 0. The third-order valence-electron chi connectivity index (χ3n) is 10.8. The van der Waals surface area contributed by atoms with E-state index in [0.29, 0.717) is 10.8 Å². The van der Waals surface area contributed by atoms with Gasteiger partial charge in [-0.25, -0.2) is 0 Å². The Bertz CT molecular complexity index is 592. The van der Waals surface area contributed by atoms with Gasteiger partial charge in [0.05, 0.1) is 0 Å². The fourth-order valence-electron chi connectivity index (χ4n) is 9.41. The van der Waals surface area contributed by atoms with Crippen LogP contribution in [0.4, 0.5) is 0 Å². The van der Waals surface area contributed by atoms with Gasteiger partial charge in [0, 0.05) is 0 Å². The van der Waals surface area contributed by atoms with Crippen molar-refractivity contribution in [3.05, 3.63) is 12.3 Å². The molecule has 0 aromatic rings. The van der Waals surface area contributed by atoms with Gasteiger partial charge in [-0.2, -0.15) is 32.6 Å². The van der Waals surface area contributed by atoms with Gasteiger partial charge in [-0.05, 0) is 84.9 Å². The zero-order valence-corrected chi connectivity index (χ0v) is 31.1. The molecule has 0 radical (unpaired) electrons. The van der Waals surface area contributed by atoms with Crippen LogP contribution in [-0.2, 0) is 21.1 Å². The molecule has 2 atom stereocenters. The second-order valence-electron chi connectivity index (χ2n) is 17.6. The minimum atomic E-state index is 0. The Morgan fingerprint density at radius 1 is 0.487 bits per heavy atom. The normalized spacial score (nSPS) is 36.5. The van der Waals surface area contributed by atoms with E-state index >= 15 is 0 Å². The van der Waals surface area contributed by atoms with Gasteiger partial charge in [-0.3, -0.25) is 0 Å². The van der Waals surface area contributed by atoms with Gasteiger partial charge in [0.2, 0.25) is 0 Å². The fourth-order valence-corrected chi connectivity index (χ4v) is 9.41. The van der Waals surface area contributed by atoms with Crippen LogP contribution in [0.25, 0.3) is 0 Å². The first kappa shape index (κ1) is 35.9. The molecule has 6 saturated carbocycles. The number of hydrogen-bond donors (Lipinski definition) is 0. The minimum absolute atomic E-state index is 0. The van der Waals surface area contributed by atoms with Crippen LogP contribution in [0.2, 0.25) is 0 Å². The fraction of sp³-hybridized carbons (Fsp3) is 0.947. The molecule has 6 aliphatic rings. The molecule has 39 heavy (non-hydrogen) atoms. The summed E-state index contributed by atoms with van der Waals surface area (Å²) in [5.41, 5.74) is 1.12. The SMILES string of the molecule is CC(C)(C)CC1C2CCC1CC2.CC(C)(C)CC1C2CCCC1CCC2.C[C-](C)C.[CH-]1C2CCCC1CC2.[W+2]. The molecular formula is C38H70W. The Morgan fingerprint density at radius 2 is 0.769 bits per heavy atom. The predicted octanol–water partition coefficient (Wildman–Crippen LogP) is 12.5. The zero-order valence-electron chi connectivity index (χ0n) is 28.1. The van der Waals surface area contributed by atoms with E-state index in [-0.39, 0.29) is 21.1 Å². The van der Waals surface area contributed by atoms with Crippen molar-refractivity contribution < 1.29 is 21.1 Å². The quantitative estimate of drug-likeness (QED) is 0.250. The molecule has 0 aromatic heterocycles. The van der Waals surface area contributed by atoms with Crippen molar-refractivity contribution in [2.75, 3.05) is 0 Å². The van der Waals surface area contributed by atoms with Gasteiger partial charge in [0.1, 0.15) is 0 Å². The molecule has 0 aliphatic heterocycles. The Labute approximate surface area is 262 Å². The molecule has 6 fully saturated rings. The molecule has 6 aliphatic carbocycles. The van der Waals surface area contributed by atoms with Crippen molar-refractivity contribution >= 4 is 0 Å². The maximum atomic E-state index is 2.59. The van der Waals surface area contributed by atoms with Crippen molar-refractivity contribution in [2.24, 2.45) is 58.2 Å². The van der Waals surface area contributed by atoms with Crippen LogP contribution in [0, 0.1) is 70.5 Å². The van der Waals surface area contributed by atoms with E-state index in [1.54, 1.807) is 25.7 Å². The first-order valence-electron chi connectivity index (χ1n) is 17.4. The first-order valence-corrected chi connectivity index (χ1v) is 17.4. The summed E-state index contributed by atoms with van der Waals surface area (Å²) in [7, 11) is 0. The molecule has 6 bridgehead atoms. The summed E-state index contributed by atoms with van der Waals surface area (Å²) in [6.07, 6.45) is 28.4. The van der Waals surface area contributed by atoms with Crippen LogP contribution >= 0.6 is 0 Å². The molecule has 0 N–H and O–H groups in total. The molecule has 228 valence electrons. The summed E-state index contributed by atoms with van der Waals surface area (Å²) in [6.45, 7) is 20.7. The van der Waals surface area contributed by atoms with Crippen molar-refractivity contribution in [1.82, 2.24) is 0 Å². The summed E-state index contributed by atoms with van der Waals surface area (Å²) in [5.74, 6) is 10.1.